The lowest BCUT2D eigenvalue weighted by Gasteiger charge is -2.36. The molecule has 7 heteroatoms. The van der Waals surface area contributed by atoms with Gasteiger partial charge >= 0.3 is 0 Å². The van der Waals surface area contributed by atoms with E-state index < -0.39 is 0 Å². The minimum atomic E-state index is -0.381. The minimum absolute atomic E-state index is 0.0891. The van der Waals surface area contributed by atoms with Gasteiger partial charge in [0, 0.05) is 26.6 Å². The predicted molar refractivity (Wildman–Crippen MR) is 86.5 cm³/mol. The zero-order valence-electron chi connectivity index (χ0n) is 14.2. The van der Waals surface area contributed by atoms with Crippen molar-refractivity contribution in [1.29, 1.82) is 0 Å². The molecule has 1 fully saturated rings. The average Bonchev–Trinajstić information content (AvgIpc) is 2.46. The van der Waals surface area contributed by atoms with Crippen molar-refractivity contribution in [3.8, 4) is 0 Å². The van der Waals surface area contributed by atoms with E-state index in [1.165, 1.54) is 0 Å². The van der Waals surface area contributed by atoms with Crippen molar-refractivity contribution in [3.63, 3.8) is 0 Å². The normalized spacial score (nSPS) is 20.3. The van der Waals surface area contributed by atoms with Gasteiger partial charge in [0.05, 0.1) is 25.4 Å². The summed E-state index contributed by atoms with van der Waals surface area (Å²) >= 11 is 0. The number of aliphatic hydroxyl groups is 1. The van der Waals surface area contributed by atoms with Gasteiger partial charge in [-0.05, 0) is 13.3 Å². The van der Waals surface area contributed by atoms with Crippen LogP contribution in [0.2, 0.25) is 0 Å². The van der Waals surface area contributed by atoms with E-state index in [2.05, 4.69) is 33.7 Å². The van der Waals surface area contributed by atoms with E-state index in [-0.39, 0.29) is 18.1 Å². The van der Waals surface area contributed by atoms with Crippen LogP contribution in [-0.4, -0.2) is 66.1 Å². The van der Waals surface area contributed by atoms with Crippen LogP contribution < -0.4 is 9.80 Å². The predicted octanol–water partition coefficient (Wildman–Crippen LogP) is 1.04. The fourth-order valence-corrected chi connectivity index (χ4v) is 2.46. The maximum absolute atomic E-state index is 9.71. The Hall–Kier alpha value is -1.47. The lowest BCUT2D eigenvalue weighted by atomic mass is 10.1. The van der Waals surface area contributed by atoms with Crippen LogP contribution in [0.25, 0.3) is 0 Å². The Balaban J connectivity index is 2.35. The Labute approximate surface area is 132 Å². The van der Waals surface area contributed by atoms with E-state index in [1.54, 1.807) is 6.92 Å². The quantitative estimate of drug-likeness (QED) is 0.871. The van der Waals surface area contributed by atoms with Gasteiger partial charge in [-0.3, -0.25) is 0 Å². The molecular weight excluding hydrogens is 282 g/mol. The molecule has 0 saturated carbocycles. The molecule has 1 saturated heterocycles. The van der Waals surface area contributed by atoms with Crippen LogP contribution in [0.4, 0.5) is 11.9 Å². The summed E-state index contributed by atoms with van der Waals surface area (Å²) in [5.41, 5.74) is 0. The average molecular weight is 309 g/mol. The van der Waals surface area contributed by atoms with Gasteiger partial charge in [-0.25, -0.2) is 0 Å². The van der Waals surface area contributed by atoms with E-state index in [0.29, 0.717) is 31.5 Å². The zero-order chi connectivity index (χ0) is 16.3. The first-order valence-electron chi connectivity index (χ1n) is 7.84. The Kier molecular flexibility index (Phi) is 5.52. The number of aromatic nitrogens is 3. The molecule has 0 spiro atoms. The summed E-state index contributed by atoms with van der Waals surface area (Å²) in [7, 11) is 3.85. The van der Waals surface area contributed by atoms with Gasteiger partial charge in [-0.2, -0.15) is 15.0 Å². The van der Waals surface area contributed by atoms with Crippen LogP contribution in [0.3, 0.4) is 0 Å². The molecule has 1 aliphatic heterocycles. The first-order valence-corrected chi connectivity index (χ1v) is 7.84. The Morgan fingerprint density at radius 1 is 1.27 bits per heavy atom. The second-order valence-electron chi connectivity index (χ2n) is 6.35. The van der Waals surface area contributed by atoms with Gasteiger partial charge in [-0.1, -0.05) is 13.8 Å². The summed E-state index contributed by atoms with van der Waals surface area (Å²) in [4.78, 5) is 17.8. The minimum Gasteiger partial charge on any atom is -0.393 e. The molecule has 2 unspecified atom stereocenters. The molecular formula is C15H27N5O2. The highest BCUT2D eigenvalue weighted by atomic mass is 16.5. The molecule has 2 heterocycles. The van der Waals surface area contributed by atoms with Gasteiger partial charge in [0.2, 0.25) is 11.9 Å². The van der Waals surface area contributed by atoms with Crippen LogP contribution in [0.5, 0.6) is 0 Å². The highest BCUT2D eigenvalue weighted by Gasteiger charge is 2.27. The Morgan fingerprint density at radius 2 is 2.00 bits per heavy atom. The number of rotatable bonds is 5. The van der Waals surface area contributed by atoms with E-state index in [1.807, 2.05) is 19.0 Å². The third-order valence-electron chi connectivity index (χ3n) is 3.64. The molecule has 0 aromatic carbocycles. The Morgan fingerprint density at radius 3 is 2.59 bits per heavy atom. The Bertz CT molecular complexity index is 467. The van der Waals surface area contributed by atoms with Crippen molar-refractivity contribution in [3.05, 3.63) is 5.82 Å². The smallest absolute Gasteiger partial charge is 0.230 e. The number of nitrogens with zero attached hydrogens (tertiary/aromatic N) is 5. The first-order chi connectivity index (χ1) is 10.4. The highest BCUT2D eigenvalue weighted by Crippen LogP contribution is 2.22. The van der Waals surface area contributed by atoms with Crippen molar-refractivity contribution < 1.29 is 9.84 Å². The zero-order valence-corrected chi connectivity index (χ0v) is 14.2. The number of ether oxygens (including phenoxy) is 1. The monoisotopic (exact) mass is 309 g/mol. The third kappa shape index (κ3) is 4.04. The molecule has 0 bridgehead atoms. The SMILES string of the molecule is CC(O)CC1COCCN1c1nc(C(C)C)nc(N(C)C)n1. The first kappa shape index (κ1) is 16.9. The molecule has 7 nitrogen and oxygen atoms in total. The van der Waals surface area contributed by atoms with Gasteiger partial charge < -0.3 is 19.6 Å². The third-order valence-corrected chi connectivity index (χ3v) is 3.64. The molecule has 2 atom stereocenters. The number of hydrogen-bond acceptors (Lipinski definition) is 7. The summed E-state index contributed by atoms with van der Waals surface area (Å²) in [6.45, 7) is 7.91. The summed E-state index contributed by atoms with van der Waals surface area (Å²) in [6, 6.07) is 0.0891. The second-order valence-corrected chi connectivity index (χ2v) is 6.35. The highest BCUT2D eigenvalue weighted by molar-refractivity contribution is 5.40. The van der Waals surface area contributed by atoms with E-state index >= 15 is 0 Å². The summed E-state index contributed by atoms with van der Waals surface area (Å²) in [5.74, 6) is 2.36. The second kappa shape index (κ2) is 7.19. The van der Waals surface area contributed by atoms with Gasteiger partial charge in [-0.15, -0.1) is 0 Å². The van der Waals surface area contributed by atoms with Crippen LogP contribution >= 0.6 is 0 Å². The molecule has 124 valence electrons. The fraction of sp³-hybridized carbons (Fsp3) is 0.800. The van der Waals surface area contributed by atoms with Crippen molar-refractivity contribution in [1.82, 2.24) is 15.0 Å². The molecule has 22 heavy (non-hydrogen) atoms. The van der Waals surface area contributed by atoms with E-state index in [4.69, 9.17) is 4.74 Å². The van der Waals surface area contributed by atoms with Crippen LogP contribution in [0.1, 0.15) is 38.9 Å². The van der Waals surface area contributed by atoms with E-state index in [0.717, 1.165) is 12.4 Å². The summed E-state index contributed by atoms with van der Waals surface area (Å²) < 4.78 is 5.56. The van der Waals surface area contributed by atoms with Gasteiger partial charge in [0.1, 0.15) is 5.82 Å². The van der Waals surface area contributed by atoms with Gasteiger partial charge in [0.15, 0.2) is 0 Å². The summed E-state index contributed by atoms with van der Waals surface area (Å²) in [6.07, 6.45) is 0.258. The standard InChI is InChI=1S/C15H27N5O2/c1-10(2)13-16-14(19(4)5)18-15(17-13)20-6-7-22-9-12(20)8-11(3)21/h10-12,21H,6-9H2,1-5H3. The number of anilines is 2. The largest absolute Gasteiger partial charge is 0.393 e. The number of aliphatic hydroxyl groups excluding tert-OH is 1. The van der Waals surface area contributed by atoms with E-state index in [9.17, 15) is 5.11 Å². The molecule has 0 amide bonds. The lowest BCUT2D eigenvalue weighted by Crippen LogP contribution is -2.48. The lowest BCUT2D eigenvalue weighted by molar-refractivity contribution is 0.0713. The van der Waals surface area contributed by atoms with Crippen molar-refractivity contribution in [2.75, 3.05) is 43.7 Å². The topological polar surface area (TPSA) is 74.6 Å². The fourth-order valence-electron chi connectivity index (χ4n) is 2.46. The molecule has 1 N–H and O–H groups in total. The van der Waals surface area contributed by atoms with Crippen LogP contribution in [0, 0.1) is 0 Å². The molecule has 1 aliphatic rings. The maximum atomic E-state index is 9.71. The van der Waals surface area contributed by atoms with Crippen molar-refractivity contribution >= 4 is 11.9 Å². The molecule has 1 aromatic rings. The number of hydrogen-bond donors (Lipinski definition) is 1. The molecule has 1 aromatic heterocycles. The maximum Gasteiger partial charge on any atom is 0.230 e. The van der Waals surface area contributed by atoms with Crippen LogP contribution in [-0.2, 0) is 4.74 Å². The number of morpholine rings is 1. The van der Waals surface area contributed by atoms with Crippen LogP contribution in [0.15, 0.2) is 0 Å². The molecule has 0 aliphatic carbocycles. The van der Waals surface area contributed by atoms with Gasteiger partial charge in [0.25, 0.3) is 0 Å². The summed E-state index contributed by atoms with van der Waals surface area (Å²) in [5, 5.41) is 9.71. The molecule has 0 radical (unpaired) electrons. The van der Waals surface area contributed by atoms with Crippen molar-refractivity contribution in [2.45, 2.75) is 45.3 Å². The van der Waals surface area contributed by atoms with Crippen molar-refractivity contribution in [2.24, 2.45) is 0 Å². The molecule has 2 rings (SSSR count).